The van der Waals surface area contributed by atoms with Crippen LogP contribution in [0.3, 0.4) is 0 Å². The number of aromatic amines is 1. The predicted octanol–water partition coefficient (Wildman–Crippen LogP) is 2.31. The van der Waals surface area contributed by atoms with E-state index in [1.807, 2.05) is 6.07 Å². The fourth-order valence-electron chi connectivity index (χ4n) is 1.80. The van der Waals surface area contributed by atoms with Gasteiger partial charge in [-0.05, 0) is 12.1 Å². The predicted molar refractivity (Wildman–Crippen MR) is 68.8 cm³/mol. The van der Waals surface area contributed by atoms with E-state index in [1.165, 1.54) is 7.11 Å². The van der Waals surface area contributed by atoms with E-state index in [0.29, 0.717) is 18.7 Å². The molecule has 0 radical (unpaired) electrons. The SMILES string of the molecule is COc1cccc(CNCc2ccn[nH]2)c1OC(F)F. The lowest BCUT2D eigenvalue weighted by molar-refractivity contribution is -0.0518. The molecule has 1 heterocycles. The van der Waals surface area contributed by atoms with Gasteiger partial charge < -0.3 is 14.8 Å². The Morgan fingerprint density at radius 1 is 1.30 bits per heavy atom. The van der Waals surface area contributed by atoms with E-state index < -0.39 is 6.61 Å². The molecule has 0 aliphatic rings. The van der Waals surface area contributed by atoms with Gasteiger partial charge in [-0.1, -0.05) is 12.1 Å². The Bertz CT molecular complexity index is 532. The number of hydrogen-bond acceptors (Lipinski definition) is 4. The molecule has 0 unspecified atom stereocenters. The second kappa shape index (κ2) is 6.85. The maximum atomic E-state index is 12.5. The molecular formula is C13H15F2N3O2. The molecule has 0 atom stereocenters. The van der Waals surface area contributed by atoms with E-state index in [1.54, 1.807) is 24.4 Å². The Balaban J connectivity index is 2.05. The summed E-state index contributed by atoms with van der Waals surface area (Å²) in [6.07, 6.45) is 1.65. The molecule has 0 spiro atoms. The highest BCUT2D eigenvalue weighted by Crippen LogP contribution is 2.32. The zero-order chi connectivity index (χ0) is 14.4. The van der Waals surface area contributed by atoms with Crippen LogP contribution in [0.25, 0.3) is 0 Å². The van der Waals surface area contributed by atoms with E-state index in [9.17, 15) is 8.78 Å². The van der Waals surface area contributed by atoms with Crippen LogP contribution in [0.15, 0.2) is 30.5 Å². The molecule has 5 nitrogen and oxygen atoms in total. The van der Waals surface area contributed by atoms with Gasteiger partial charge >= 0.3 is 6.61 Å². The number of nitrogens with one attached hydrogen (secondary N) is 2. The van der Waals surface area contributed by atoms with Crippen molar-refractivity contribution in [1.82, 2.24) is 15.5 Å². The molecule has 0 bridgehead atoms. The summed E-state index contributed by atoms with van der Waals surface area (Å²) >= 11 is 0. The van der Waals surface area contributed by atoms with Crippen LogP contribution in [0, 0.1) is 0 Å². The highest BCUT2D eigenvalue weighted by atomic mass is 19.3. The monoisotopic (exact) mass is 283 g/mol. The van der Waals surface area contributed by atoms with Gasteiger partial charge in [0, 0.05) is 30.5 Å². The van der Waals surface area contributed by atoms with E-state index >= 15 is 0 Å². The van der Waals surface area contributed by atoms with Gasteiger partial charge in [-0.3, -0.25) is 5.10 Å². The van der Waals surface area contributed by atoms with Crippen LogP contribution >= 0.6 is 0 Å². The number of ether oxygens (including phenoxy) is 2. The molecule has 20 heavy (non-hydrogen) atoms. The molecule has 0 amide bonds. The van der Waals surface area contributed by atoms with Crippen molar-refractivity contribution < 1.29 is 18.3 Å². The average molecular weight is 283 g/mol. The smallest absolute Gasteiger partial charge is 0.387 e. The number of nitrogens with zero attached hydrogens (tertiary/aromatic N) is 1. The Labute approximate surface area is 114 Å². The molecule has 0 aliphatic heterocycles. The van der Waals surface area contributed by atoms with E-state index in [0.717, 1.165) is 5.69 Å². The third-order valence-electron chi connectivity index (χ3n) is 2.68. The van der Waals surface area contributed by atoms with Crippen LogP contribution in [0.4, 0.5) is 8.78 Å². The normalized spacial score (nSPS) is 10.8. The van der Waals surface area contributed by atoms with Gasteiger partial charge in [0.05, 0.1) is 7.11 Å². The Hall–Kier alpha value is -2.15. The van der Waals surface area contributed by atoms with Crippen LogP contribution < -0.4 is 14.8 Å². The minimum atomic E-state index is -2.89. The fourth-order valence-corrected chi connectivity index (χ4v) is 1.80. The molecule has 0 saturated heterocycles. The van der Waals surface area contributed by atoms with Gasteiger partial charge in [0.25, 0.3) is 0 Å². The Morgan fingerprint density at radius 3 is 2.80 bits per heavy atom. The molecule has 0 fully saturated rings. The van der Waals surface area contributed by atoms with Gasteiger partial charge in [-0.2, -0.15) is 13.9 Å². The first-order chi connectivity index (χ1) is 9.70. The lowest BCUT2D eigenvalue weighted by atomic mass is 10.2. The second-order valence-corrected chi connectivity index (χ2v) is 4.01. The lowest BCUT2D eigenvalue weighted by Crippen LogP contribution is -2.15. The summed E-state index contributed by atoms with van der Waals surface area (Å²) in [5.41, 5.74) is 1.51. The summed E-state index contributed by atoms with van der Waals surface area (Å²) in [5, 5.41) is 9.74. The van der Waals surface area contributed by atoms with Crippen molar-refractivity contribution in [3.05, 3.63) is 41.7 Å². The molecule has 2 aromatic rings. The first kappa shape index (κ1) is 14.3. The first-order valence-electron chi connectivity index (χ1n) is 6.00. The number of aromatic nitrogens is 2. The lowest BCUT2D eigenvalue weighted by Gasteiger charge is -2.14. The van der Waals surface area contributed by atoms with Gasteiger partial charge in [-0.15, -0.1) is 0 Å². The molecule has 0 saturated carbocycles. The number of hydrogen-bond donors (Lipinski definition) is 2. The highest BCUT2D eigenvalue weighted by molar-refractivity contribution is 5.46. The van der Waals surface area contributed by atoms with Gasteiger partial charge in [0.1, 0.15) is 0 Å². The van der Waals surface area contributed by atoms with Gasteiger partial charge in [0.2, 0.25) is 0 Å². The van der Waals surface area contributed by atoms with Crippen LogP contribution in [0.5, 0.6) is 11.5 Å². The zero-order valence-electron chi connectivity index (χ0n) is 10.9. The van der Waals surface area contributed by atoms with Crippen molar-refractivity contribution in [3.8, 4) is 11.5 Å². The molecule has 1 aromatic heterocycles. The van der Waals surface area contributed by atoms with Crippen molar-refractivity contribution >= 4 is 0 Å². The van der Waals surface area contributed by atoms with Crippen LogP contribution in [0.1, 0.15) is 11.3 Å². The Kier molecular flexibility index (Phi) is 4.89. The third-order valence-corrected chi connectivity index (χ3v) is 2.68. The van der Waals surface area contributed by atoms with Gasteiger partial charge in [-0.25, -0.2) is 0 Å². The van der Waals surface area contributed by atoms with Crippen molar-refractivity contribution in [1.29, 1.82) is 0 Å². The van der Waals surface area contributed by atoms with E-state index in [-0.39, 0.29) is 11.5 Å². The third kappa shape index (κ3) is 3.67. The van der Waals surface area contributed by atoms with E-state index in [4.69, 9.17) is 4.74 Å². The van der Waals surface area contributed by atoms with Crippen molar-refractivity contribution in [2.24, 2.45) is 0 Å². The molecule has 2 N–H and O–H groups in total. The summed E-state index contributed by atoms with van der Waals surface area (Å²) in [7, 11) is 1.41. The fraction of sp³-hybridized carbons (Fsp3) is 0.308. The Morgan fingerprint density at radius 2 is 2.15 bits per heavy atom. The number of H-pyrrole nitrogens is 1. The van der Waals surface area contributed by atoms with E-state index in [2.05, 4.69) is 20.3 Å². The summed E-state index contributed by atoms with van der Waals surface area (Å²) in [5.74, 6) is 0.341. The molecule has 2 rings (SSSR count). The highest BCUT2D eigenvalue weighted by Gasteiger charge is 2.14. The van der Waals surface area contributed by atoms with Crippen molar-refractivity contribution in [2.75, 3.05) is 7.11 Å². The molecule has 1 aromatic carbocycles. The summed E-state index contributed by atoms with van der Waals surface area (Å²) in [6, 6.07) is 6.84. The largest absolute Gasteiger partial charge is 0.493 e. The maximum Gasteiger partial charge on any atom is 0.387 e. The number of benzene rings is 1. The van der Waals surface area contributed by atoms with Crippen molar-refractivity contribution in [2.45, 2.75) is 19.7 Å². The number of halogens is 2. The molecule has 0 aliphatic carbocycles. The van der Waals surface area contributed by atoms with Crippen LogP contribution in [-0.2, 0) is 13.1 Å². The summed E-state index contributed by atoms with van der Waals surface area (Å²) in [6.45, 7) is -1.97. The zero-order valence-corrected chi connectivity index (χ0v) is 10.9. The number of methoxy groups -OCH3 is 1. The number of para-hydroxylation sites is 1. The number of alkyl halides is 2. The maximum absolute atomic E-state index is 12.5. The standard InChI is InChI=1S/C13H15F2N3O2/c1-19-11-4-2-3-9(12(11)20-13(14)15)7-16-8-10-5-6-17-18-10/h2-6,13,16H,7-8H2,1H3,(H,17,18). The average Bonchev–Trinajstić information content (AvgIpc) is 2.93. The second-order valence-electron chi connectivity index (χ2n) is 4.01. The minimum absolute atomic E-state index is 0.0575. The molecule has 7 heteroatoms. The first-order valence-corrected chi connectivity index (χ1v) is 6.00. The topological polar surface area (TPSA) is 59.2 Å². The van der Waals surface area contributed by atoms with Crippen molar-refractivity contribution in [3.63, 3.8) is 0 Å². The quantitative estimate of drug-likeness (QED) is 0.818. The minimum Gasteiger partial charge on any atom is -0.493 e. The summed E-state index contributed by atoms with van der Waals surface area (Å²) in [4.78, 5) is 0. The van der Waals surface area contributed by atoms with Crippen LogP contribution in [0.2, 0.25) is 0 Å². The summed E-state index contributed by atoms with van der Waals surface area (Å²) < 4.78 is 34.5. The number of rotatable bonds is 7. The molecule has 108 valence electrons. The van der Waals surface area contributed by atoms with Gasteiger partial charge in [0.15, 0.2) is 11.5 Å². The van der Waals surface area contributed by atoms with Crippen LogP contribution in [-0.4, -0.2) is 23.9 Å². The molecular weight excluding hydrogens is 268 g/mol.